The Morgan fingerprint density at radius 2 is 2.09 bits per heavy atom. The Morgan fingerprint density at radius 3 is 2.77 bits per heavy atom. The predicted molar refractivity (Wildman–Crippen MR) is 82.3 cm³/mol. The number of rotatable bonds is 5. The molecule has 1 N–H and O–H groups in total. The number of sulfonamides is 1. The zero-order valence-electron chi connectivity index (χ0n) is 12.6. The van der Waals surface area contributed by atoms with Gasteiger partial charge < -0.3 is 4.90 Å². The maximum absolute atomic E-state index is 13.7. The standard InChI is InChI=1S/C15H21FN2O3S/c1-22(20,21)17-11-13-7-4-5-9-18(13)15(19)10-12-6-2-3-8-14(12)16/h2-3,6,8,13,17H,4-5,7,9-11H2,1H3. The van der Waals surface area contributed by atoms with Crippen LogP contribution in [0, 0.1) is 5.82 Å². The molecular formula is C15H21FN2O3S. The number of amides is 1. The molecule has 1 heterocycles. The van der Waals surface area contributed by atoms with Gasteiger partial charge >= 0.3 is 0 Å². The highest BCUT2D eigenvalue weighted by Gasteiger charge is 2.27. The van der Waals surface area contributed by atoms with Crippen LogP contribution >= 0.6 is 0 Å². The number of nitrogens with one attached hydrogen (secondary N) is 1. The first-order valence-corrected chi connectivity index (χ1v) is 9.23. The Bertz CT molecular complexity index is 633. The first kappa shape index (κ1) is 16.9. The number of hydrogen-bond acceptors (Lipinski definition) is 3. The summed E-state index contributed by atoms with van der Waals surface area (Å²) in [5.41, 5.74) is 0.368. The van der Waals surface area contributed by atoms with Crippen molar-refractivity contribution in [1.82, 2.24) is 9.62 Å². The first-order chi connectivity index (χ1) is 10.4. The van der Waals surface area contributed by atoms with Crippen molar-refractivity contribution in [2.75, 3.05) is 19.3 Å². The molecule has 5 nitrogen and oxygen atoms in total. The molecule has 2 rings (SSSR count). The van der Waals surface area contributed by atoms with Crippen LogP contribution < -0.4 is 4.72 Å². The summed E-state index contributed by atoms with van der Waals surface area (Å²) >= 11 is 0. The third-order valence-electron chi connectivity index (χ3n) is 3.83. The van der Waals surface area contributed by atoms with E-state index in [-0.39, 0.29) is 24.9 Å². The van der Waals surface area contributed by atoms with Gasteiger partial charge in [0.2, 0.25) is 15.9 Å². The summed E-state index contributed by atoms with van der Waals surface area (Å²) in [7, 11) is -3.29. The number of benzene rings is 1. The van der Waals surface area contributed by atoms with E-state index in [0.29, 0.717) is 12.1 Å². The third-order valence-corrected chi connectivity index (χ3v) is 4.52. The normalized spacial score (nSPS) is 19.2. The van der Waals surface area contributed by atoms with Crippen LogP contribution in [-0.4, -0.2) is 44.6 Å². The highest BCUT2D eigenvalue weighted by molar-refractivity contribution is 7.88. The summed E-state index contributed by atoms with van der Waals surface area (Å²) in [4.78, 5) is 14.1. The van der Waals surface area contributed by atoms with E-state index in [4.69, 9.17) is 0 Å². The van der Waals surface area contributed by atoms with E-state index < -0.39 is 15.8 Å². The molecule has 1 aromatic rings. The molecule has 7 heteroatoms. The highest BCUT2D eigenvalue weighted by Crippen LogP contribution is 2.19. The summed E-state index contributed by atoms with van der Waals surface area (Å²) < 4.78 is 38.6. The van der Waals surface area contributed by atoms with Gasteiger partial charge in [-0.15, -0.1) is 0 Å². The Kier molecular flexibility index (Phi) is 5.52. The lowest BCUT2D eigenvalue weighted by Gasteiger charge is -2.36. The van der Waals surface area contributed by atoms with Crippen molar-refractivity contribution in [2.45, 2.75) is 31.7 Å². The zero-order valence-corrected chi connectivity index (χ0v) is 13.4. The van der Waals surface area contributed by atoms with Crippen LogP contribution in [-0.2, 0) is 21.2 Å². The summed E-state index contributed by atoms with van der Waals surface area (Å²) in [5, 5.41) is 0. The topological polar surface area (TPSA) is 66.5 Å². The van der Waals surface area contributed by atoms with Crippen molar-refractivity contribution in [3.8, 4) is 0 Å². The minimum absolute atomic E-state index is 0.00203. The highest BCUT2D eigenvalue weighted by atomic mass is 32.2. The first-order valence-electron chi connectivity index (χ1n) is 7.34. The van der Waals surface area contributed by atoms with Crippen LogP contribution in [0.5, 0.6) is 0 Å². The Balaban J connectivity index is 2.03. The largest absolute Gasteiger partial charge is 0.338 e. The van der Waals surface area contributed by atoms with E-state index in [9.17, 15) is 17.6 Å². The quantitative estimate of drug-likeness (QED) is 0.886. The molecule has 0 aliphatic carbocycles. The molecule has 1 aromatic carbocycles. The molecule has 1 amide bonds. The van der Waals surface area contributed by atoms with Gasteiger partial charge in [0, 0.05) is 19.1 Å². The van der Waals surface area contributed by atoms with E-state index in [2.05, 4.69) is 4.72 Å². The molecule has 122 valence electrons. The van der Waals surface area contributed by atoms with Crippen molar-refractivity contribution in [3.63, 3.8) is 0 Å². The van der Waals surface area contributed by atoms with Crippen LogP contribution in [0.2, 0.25) is 0 Å². The summed E-state index contributed by atoms with van der Waals surface area (Å²) in [6, 6.07) is 6.05. The third kappa shape index (κ3) is 4.78. The Hall–Kier alpha value is -1.47. The van der Waals surface area contributed by atoms with Crippen molar-refractivity contribution < 1.29 is 17.6 Å². The number of carbonyl (C=O) groups excluding carboxylic acids is 1. The molecule has 1 unspecified atom stereocenters. The SMILES string of the molecule is CS(=O)(=O)NCC1CCCCN1C(=O)Cc1ccccc1F. The average Bonchev–Trinajstić information content (AvgIpc) is 2.47. The fourth-order valence-electron chi connectivity index (χ4n) is 2.69. The van der Waals surface area contributed by atoms with Crippen LogP contribution in [0.3, 0.4) is 0 Å². The molecule has 1 aliphatic heterocycles. The maximum Gasteiger partial charge on any atom is 0.227 e. The number of hydrogen-bond donors (Lipinski definition) is 1. The molecule has 1 fully saturated rings. The van der Waals surface area contributed by atoms with E-state index in [1.165, 1.54) is 6.07 Å². The van der Waals surface area contributed by atoms with Crippen LogP contribution in [0.1, 0.15) is 24.8 Å². The van der Waals surface area contributed by atoms with Crippen molar-refractivity contribution >= 4 is 15.9 Å². The van der Waals surface area contributed by atoms with Gasteiger partial charge in [0.25, 0.3) is 0 Å². The lowest BCUT2D eigenvalue weighted by atomic mass is 10.0. The second kappa shape index (κ2) is 7.19. The molecular weight excluding hydrogens is 307 g/mol. The van der Waals surface area contributed by atoms with Crippen molar-refractivity contribution in [1.29, 1.82) is 0 Å². The van der Waals surface area contributed by atoms with E-state index >= 15 is 0 Å². The van der Waals surface area contributed by atoms with Gasteiger partial charge in [-0.3, -0.25) is 4.79 Å². The van der Waals surface area contributed by atoms with Crippen molar-refractivity contribution in [3.05, 3.63) is 35.6 Å². The molecule has 1 aliphatic rings. The maximum atomic E-state index is 13.7. The lowest BCUT2D eigenvalue weighted by molar-refractivity contribution is -0.134. The van der Waals surface area contributed by atoms with Gasteiger partial charge in [0.05, 0.1) is 12.7 Å². The minimum atomic E-state index is -3.29. The van der Waals surface area contributed by atoms with Gasteiger partial charge in [-0.1, -0.05) is 18.2 Å². The zero-order chi connectivity index (χ0) is 16.2. The molecule has 0 radical (unpaired) electrons. The monoisotopic (exact) mass is 328 g/mol. The minimum Gasteiger partial charge on any atom is -0.338 e. The number of carbonyl (C=O) groups is 1. The van der Waals surface area contributed by atoms with E-state index in [1.54, 1.807) is 23.1 Å². The second-order valence-electron chi connectivity index (χ2n) is 5.63. The van der Waals surface area contributed by atoms with Crippen LogP contribution in [0.25, 0.3) is 0 Å². The van der Waals surface area contributed by atoms with Crippen LogP contribution in [0.4, 0.5) is 4.39 Å². The summed E-state index contributed by atoms with van der Waals surface area (Å²) in [6.45, 7) is 0.797. The molecule has 0 saturated carbocycles. The lowest BCUT2D eigenvalue weighted by Crippen LogP contribution is -2.49. The number of likely N-dealkylation sites (tertiary alicyclic amines) is 1. The number of nitrogens with zero attached hydrogens (tertiary/aromatic N) is 1. The molecule has 0 bridgehead atoms. The Morgan fingerprint density at radius 1 is 1.36 bits per heavy atom. The second-order valence-corrected chi connectivity index (χ2v) is 7.46. The predicted octanol–water partition coefficient (Wildman–Crippen LogP) is 1.30. The summed E-state index contributed by atoms with van der Waals surface area (Å²) in [5.74, 6) is -0.552. The summed E-state index contributed by atoms with van der Waals surface area (Å²) in [6.07, 6.45) is 3.70. The van der Waals surface area contributed by atoms with Gasteiger partial charge in [-0.2, -0.15) is 0 Å². The van der Waals surface area contributed by atoms with Crippen molar-refractivity contribution in [2.24, 2.45) is 0 Å². The smallest absolute Gasteiger partial charge is 0.227 e. The van der Waals surface area contributed by atoms with Gasteiger partial charge in [0.15, 0.2) is 0 Å². The average molecular weight is 328 g/mol. The van der Waals surface area contributed by atoms with Gasteiger partial charge in [-0.25, -0.2) is 17.5 Å². The fourth-order valence-corrected chi connectivity index (χ4v) is 3.19. The number of halogens is 1. The molecule has 0 aromatic heterocycles. The van der Waals surface area contributed by atoms with Gasteiger partial charge in [-0.05, 0) is 30.9 Å². The molecule has 22 heavy (non-hydrogen) atoms. The molecule has 1 atom stereocenters. The fraction of sp³-hybridized carbons (Fsp3) is 0.533. The molecule has 0 spiro atoms. The van der Waals surface area contributed by atoms with Gasteiger partial charge in [0.1, 0.15) is 5.82 Å². The molecule has 1 saturated heterocycles. The van der Waals surface area contributed by atoms with E-state index in [0.717, 1.165) is 25.5 Å². The number of piperidine rings is 1. The Labute approximate surface area is 130 Å². The van der Waals surface area contributed by atoms with E-state index in [1.807, 2.05) is 0 Å². The van der Waals surface area contributed by atoms with Crippen LogP contribution in [0.15, 0.2) is 24.3 Å².